The highest BCUT2D eigenvalue weighted by Crippen LogP contribution is 2.39. The van der Waals surface area contributed by atoms with Gasteiger partial charge in [-0.05, 0) is 49.5 Å². The van der Waals surface area contributed by atoms with Gasteiger partial charge in [-0.2, -0.15) is 0 Å². The van der Waals surface area contributed by atoms with Crippen molar-refractivity contribution in [3.05, 3.63) is 12.2 Å². The van der Waals surface area contributed by atoms with Crippen molar-refractivity contribution >= 4 is 0 Å². The first kappa shape index (κ1) is 13.8. The van der Waals surface area contributed by atoms with E-state index in [0.717, 1.165) is 24.9 Å². The van der Waals surface area contributed by atoms with Crippen LogP contribution in [0.25, 0.3) is 0 Å². The second kappa shape index (κ2) is 6.44. The molecule has 0 aromatic heterocycles. The zero-order valence-electron chi connectivity index (χ0n) is 11.6. The molecule has 1 fully saturated rings. The molecule has 0 atom stereocenters. The molecule has 1 heteroatoms. The highest BCUT2D eigenvalue weighted by atomic mass is 14.8. The first-order valence-corrected chi connectivity index (χ1v) is 6.91. The molecule has 0 unspecified atom stereocenters. The normalized spacial score (nSPS) is 27.5. The SMILES string of the molecule is CCNC/C=C/C1CCC(C(C)(C)C)CC1. The van der Waals surface area contributed by atoms with Gasteiger partial charge in [0.05, 0.1) is 0 Å². The lowest BCUT2D eigenvalue weighted by Gasteiger charge is -2.36. The molecule has 0 aromatic carbocycles. The predicted molar refractivity (Wildman–Crippen MR) is 72.6 cm³/mol. The maximum Gasteiger partial charge on any atom is 0.0134 e. The predicted octanol–water partition coefficient (Wildman–Crippen LogP) is 4.00. The lowest BCUT2D eigenvalue weighted by atomic mass is 9.70. The fraction of sp³-hybridized carbons (Fsp3) is 0.867. The summed E-state index contributed by atoms with van der Waals surface area (Å²) in [6, 6.07) is 0. The zero-order chi connectivity index (χ0) is 12.0. The largest absolute Gasteiger partial charge is 0.314 e. The molecule has 0 bridgehead atoms. The van der Waals surface area contributed by atoms with E-state index < -0.39 is 0 Å². The van der Waals surface area contributed by atoms with Crippen LogP contribution in [-0.4, -0.2) is 13.1 Å². The van der Waals surface area contributed by atoms with Crippen LogP contribution in [0.15, 0.2) is 12.2 Å². The van der Waals surface area contributed by atoms with Crippen molar-refractivity contribution in [2.75, 3.05) is 13.1 Å². The molecule has 0 radical (unpaired) electrons. The molecular formula is C15H29N. The summed E-state index contributed by atoms with van der Waals surface area (Å²) in [5, 5.41) is 3.33. The molecule has 0 amide bonds. The average molecular weight is 223 g/mol. The summed E-state index contributed by atoms with van der Waals surface area (Å²) in [4.78, 5) is 0. The van der Waals surface area contributed by atoms with Crippen LogP contribution >= 0.6 is 0 Å². The fourth-order valence-electron chi connectivity index (χ4n) is 2.67. The average Bonchev–Trinajstić information content (AvgIpc) is 2.24. The molecule has 0 saturated heterocycles. The summed E-state index contributed by atoms with van der Waals surface area (Å²) in [6.07, 6.45) is 10.4. The summed E-state index contributed by atoms with van der Waals surface area (Å²) in [5.74, 6) is 1.78. The number of nitrogens with one attached hydrogen (secondary N) is 1. The van der Waals surface area contributed by atoms with Crippen LogP contribution in [0, 0.1) is 17.3 Å². The molecule has 1 N–H and O–H groups in total. The van der Waals surface area contributed by atoms with E-state index in [4.69, 9.17) is 0 Å². The van der Waals surface area contributed by atoms with Crippen molar-refractivity contribution in [2.45, 2.75) is 53.4 Å². The van der Waals surface area contributed by atoms with E-state index in [0.29, 0.717) is 5.41 Å². The number of rotatable bonds is 4. The molecule has 0 spiro atoms. The molecular weight excluding hydrogens is 194 g/mol. The quantitative estimate of drug-likeness (QED) is 0.561. The highest BCUT2D eigenvalue weighted by Gasteiger charge is 2.28. The molecule has 1 aliphatic rings. The summed E-state index contributed by atoms with van der Waals surface area (Å²) in [6.45, 7) is 11.4. The monoisotopic (exact) mass is 223 g/mol. The Bertz CT molecular complexity index is 204. The highest BCUT2D eigenvalue weighted by molar-refractivity contribution is 4.93. The lowest BCUT2D eigenvalue weighted by Crippen LogP contribution is -2.25. The molecule has 0 aromatic rings. The van der Waals surface area contributed by atoms with E-state index in [9.17, 15) is 0 Å². The summed E-state index contributed by atoms with van der Waals surface area (Å²) in [7, 11) is 0. The maximum atomic E-state index is 3.33. The minimum absolute atomic E-state index is 0.512. The second-order valence-electron chi connectivity index (χ2n) is 6.21. The van der Waals surface area contributed by atoms with E-state index in [1.165, 1.54) is 25.7 Å². The van der Waals surface area contributed by atoms with Gasteiger partial charge in [-0.1, -0.05) is 39.8 Å². The van der Waals surface area contributed by atoms with Crippen LogP contribution < -0.4 is 5.32 Å². The van der Waals surface area contributed by atoms with E-state index in [1.54, 1.807) is 0 Å². The third-order valence-electron chi connectivity index (χ3n) is 3.92. The minimum atomic E-state index is 0.512. The Balaban J connectivity index is 2.24. The Labute approximate surface area is 102 Å². The number of hydrogen-bond donors (Lipinski definition) is 1. The molecule has 94 valence electrons. The van der Waals surface area contributed by atoms with Crippen LogP contribution in [0.3, 0.4) is 0 Å². The van der Waals surface area contributed by atoms with Crippen LogP contribution in [0.5, 0.6) is 0 Å². The van der Waals surface area contributed by atoms with Crippen LogP contribution in [0.2, 0.25) is 0 Å². The van der Waals surface area contributed by atoms with Gasteiger partial charge >= 0.3 is 0 Å². The van der Waals surface area contributed by atoms with Crippen molar-refractivity contribution < 1.29 is 0 Å². The van der Waals surface area contributed by atoms with Gasteiger partial charge in [-0.15, -0.1) is 0 Å². The van der Waals surface area contributed by atoms with E-state index in [-0.39, 0.29) is 0 Å². The molecule has 16 heavy (non-hydrogen) atoms. The second-order valence-corrected chi connectivity index (χ2v) is 6.21. The summed E-state index contributed by atoms with van der Waals surface area (Å²) >= 11 is 0. The molecule has 1 rings (SSSR count). The molecule has 1 saturated carbocycles. The van der Waals surface area contributed by atoms with Gasteiger partial charge in [-0.25, -0.2) is 0 Å². The first-order chi connectivity index (χ1) is 7.54. The van der Waals surface area contributed by atoms with Crippen molar-refractivity contribution in [2.24, 2.45) is 17.3 Å². The maximum absolute atomic E-state index is 3.33. The Morgan fingerprint density at radius 2 is 1.75 bits per heavy atom. The smallest absolute Gasteiger partial charge is 0.0134 e. The third kappa shape index (κ3) is 4.69. The van der Waals surface area contributed by atoms with Crippen molar-refractivity contribution in [1.82, 2.24) is 5.32 Å². The number of allylic oxidation sites excluding steroid dienone is 1. The molecule has 0 aliphatic heterocycles. The van der Waals surface area contributed by atoms with Crippen molar-refractivity contribution in [3.63, 3.8) is 0 Å². The van der Waals surface area contributed by atoms with Crippen LogP contribution in [0.4, 0.5) is 0 Å². The van der Waals surface area contributed by atoms with Crippen LogP contribution in [-0.2, 0) is 0 Å². The van der Waals surface area contributed by atoms with Gasteiger partial charge < -0.3 is 5.32 Å². The number of hydrogen-bond acceptors (Lipinski definition) is 1. The molecule has 0 heterocycles. The minimum Gasteiger partial charge on any atom is -0.314 e. The van der Waals surface area contributed by atoms with Crippen molar-refractivity contribution in [1.29, 1.82) is 0 Å². The summed E-state index contributed by atoms with van der Waals surface area (Å²) in [5.41, 5.74) is 0.512. The van der Waals surface area contributed by atoms with E-state index in [2.05, 4.69) is 45.2 Å². The number of likely N-dealkylation sites (N-methyl/N-ethyl adjacent to an activating group) is 1. The van der Waals surface area contributed by atoms with Gasteiger partial charge in [0, 0.05) is 6.54 Å². The molecule has 1 nitrogen and oxygen atoms in total. The zero-order valence-corrected chi connectivity index (χ0v) is 11.6. The first-order valence-electron chi connectivity index (χ1n) is 6.91. The van der Waals surface area contributed by atoms with Gasteiger partial charge in [-0.3, -0.25) is 0 Å². The Hall–Kier alpha value is -0.300. The van der Waals surface area contributed by atoms with Gasteiger partial charge in [0.25, 0.3) is 0 Å². The van der Waals surface area contributed by atoms with Crippen molar-refractivity contribution in [3.8, 4) is 0 Å². The van der Waals surface area contributed by atoms with E-state index >= 15 is 0 Å². The Morgan fingerprint density at radius 3 is 2.25 bits per heavy atom. The lowest BCUT2D eigenvalue weighted by molar-refractivity contribution is 0.163. The molecule has 1 aliphatic carbocycles. The van der Waals surface area contributed by atoms with Gasteiger partial charge in [0.2, 0.25) is 0 Å². The van der Waals surface area contributed by atoms with E-state index in [1.807, 2.05) is 0 Å². The third-order valence-corrected chi connectivity index (χ3v) is 3.92. The summed E-state index contributed by atoms with van der Waals surface area (Å²) < 4.78 is 0. The van der Waals surface area contributed by atoms with Crippen LogP contribution in [0.1, 0.15) is 53.4 Å². The Kier molecular flexibility index (Phi) is 5.54. The standard InChI is InChI=1S/C15H29N/c1-5-16-12-6-7-13-8-10-14(11-9-13)15(2,3)4/h6-7,13-14,16H,5,8-12H2,1-4H3/b7-6+. The topological polar surface area (TPSA) is 12.0 Å². The fourth-order valence-corrected chi connectivity index (χ4v) is 2.67. The van der Waals surface area contributed by atoms with Gasteiger partial charge in [0.1, 0.15) is 0 Å². The Morgan fingerprint density at radius 1 is 1.12 bits per heavy atom. The van der Waals surface area contributed by atoms with Gasteiger partial charge in [0.15, 0.2) is 0 Å².